The van der Waals surface area contributed by atoms with Crippen LogP contribution in [0.2, 0.25) is 0 Å². The van der Waals surface area contributed by atoms with Crippen LogP contribution in [0.3, 0.4) is 0 Å². The fourth-order valence-electron chi connectivity index (χ4n) is 1.27. The lowest BCUT2D eigenvalue weighted by Gasteiger charge is -2.33. The van der Waals surface area contributed by atoms with E-state index in [4.69, 9.17) is 5.26 Å². The Morgan fingerprint density at radius 1 is 1.69 bits per heavy atom. The van der Waals surface area contributed by atoms with Crippen molar-refractivity contribution in [1.29, 1.82) is 5.26 Å². The number of carbonyl (C=O) groups is 1. The van der Waals surface area contributed by atoms with Gasteiger partial charge in [0.05, 0.1) is 6.07 Å². The highest BCUT2D eigenvalue weighted by Crippen LogP contribution is 2.40. The molecule has 0 aromatic carbocycles. The Labute approximate surface area is 85.9 Å². The van der Waals surface area contributed by atoms with E-state index in [0.29, 0.717) is 23.9 Å². The van der Waals surface area contributed by atoms with Crippen LogP contribution in [0, 0.1) is 16.7 Å². The molecule has 0 bridgehead atoms. The molecule has 1 aliphatic carbocycles. The van der Waals surface area contributed by atoms with E-state index in [1.807, 2.05) is 0 Å². The van der Waals surface area contributed by atoms with Gasteiger partial charge in [-0.2, -0.15) is 5.26 Å². The van der Waals surface area contributed by atoms with E-state index in [1.54, 1.807) is 0 Å². The van der Waals surface area contributed by atoms with Gasteiger partial charge in [0.25, 0.3) is 0 Å². The molecular weight excluding hydrogens is 232 g/mol. The highest BCUT2D eigenvalue weighted by molar-refractivity contribution is 9.11. The molecule has 0 atom stereocenters. The van der Waals surface area contributed by atoms with Crippen molar-refractivity contribution in [3.05, 3.63) is 11.1 Å². The van der Waals surface area contributed by atoms with E-state index < -0.39 is 5.41 Å². The Hall–Kier alpha value is -0.820. The van der Waals surface area contributed by atoms with Crippen LogP contribution in [-0.2, 0) is 4.79 Å². The molecule has 0 heterocycles. The predicted octanol–water partition coefficient (Wildman–Crippen LogP) is 1.71. The van der Waals surface area contributed by atoms with Crippen LogP contribution in [0.1, 0.15) is 19.3 Å². The molecule has 13 heavy (non-hydrogen) atoms. The van der Waals surface area contributed by atoms with Crippen LogP contribution in [0.25, 0.3) is 0 Å². The van der Waals surface area contributed by atoms with Gasteiger partial charge in [-0.1, -0.05) is 22.5 Å². The van der Waals surface area contributed by atoms with Gasteiger partial charge in [0.2, 0.25) is 5.91 Å². The van der Waals surface area contributed by atoms with Crippen LogP contribution < -0.4 is 5.32 Å². The average Bonchev–Trinajstić information content (AvgIpc) is 2.00. The van der Waals surface area contributed by atoms with E-state index in [1.165, 1.54) is 0 Å². The second-order valence-electron chi connectivity index (χ2n) is 3.25. The van der Waals surface area contributed by atoms with Crippen LogP contribution in [0.5, 0.6) is 0 Å². The molecule has 0 aromatic heterocycles. The lowest BCUT2D eigenvalue weighted by atomic mass is 9.69. The summed E-state index contributed by atoms with van der Waals surface area (Å²) in [6.45, 7) is 3.99. The summed E-state index contributed by atoms with van der Waals surface area (Å²) in [4.78, 5) is 11.5. The zero-order valence-corrected chi connectivity index (χ0v) is 8.85. The fraction of sp³-hybridized carbons (Fsp3) is 0.556. The Bertz CT molecular complexity index is 276. The highest BCUT2D eigenvalue weighted by Gasteiger charge is 2.44. The summed E-state index contributed by atoms with van der Waals surface area (Å²) in [7, 11) is 0. The smallest absolute Gasteiger partial charge is 0.240 e. The van der Waals surface area contributed by atoms with Crippen LogP contribution in [0.15, 0.2) is 11.1 Å². The average molecular weight is 243 g/mol. The molecule has 0 aliphatic heterocycles. The van der Waals surface area contributed by atoms with Gasteiger partial charge in [0.1, 0.15) is 5.41 Å². The number of hydrogen-bond acceptors (Lipinski definition) is 2. The Balaban J connectivity index is 2.48. The minimum atomic E-state index is -0.748. The topological polar surface area (TPSA) is 52.9 Å². The number of halogens is 1. The van der Waals surface area contributed by atoms with Gasteiger partial charge in [-0.05, 0) is 19.3 Å². The van der Waals surface area contributed by atoms with Crippen molar-refractivity contribution in [3.8, 4) is 6.07 Å². The summed E-state index contributed by atoms with van der Waals surface area (Å²) < 4.78 is 0.716. The first-order valence-electron chi connectivity index (χ1n) is 4.13. The van der Waals surface area contributed by atoms with Crippen molar-refractivity contribution < 1.29 is 4.79 Å². The second-order valence-corrected chi connectivity index (χ2v) is 4.37. The molecule has 0 unspecified atom stereocenters. The van der Waals surface area contributed by atoms with Crippen molar-refractivity contribution in [3.63, 3.8) is 0 Å². The lowest BCUT2D eigenvalue weighted by molar-refractivity contribution is -0.131. The molecule has 1 aliphatic rings. The maximum atomic E-state index is 11.5. The number of amides is 1. The molecule has 0 spiro atoms. The van der Waals surface area contributed by atoms with Crippen LogP contribution in [-0.4, -0.2) is 12.5 Å². The van der Waals surface area contributed by atoms with Crippen molar-refractivity contribution >= 4 is 21.8 Å². The molecule has 1 fully saturated rings. The van der Waals surface area contributed by atoms with Gasteiger partial charge in [-0.3, -0.25) is 4.79 Å². The number of nitrogens with zero attached hydrogens (tertiary/aromatic N) is 1. The predicted molar refractivity (Wildman–Crippen MR) is 53.0 cm³/mol. The summed E-state index contributed by atoms with van der Waals surface area (Å²) in [5.74, 6) is -0.165. The SMILES string of the molecule is C=C(Br)CNC(=O)C1(C#N)CCC1. The standard InChI is InChI=1S/C9H11BrN2O/c1-7(10)5-12-8(13)9(6-11)3-2-4-9/h1-5H2,(H,12,13). The van der Waals surface area contributed by atoms with E-state index in [9.17, 15) is 4.79 Å². The normalized spacial score (nSPS) is 18.2. The number of hydrogen-bond donors (Lipinski definition) is 1. The quantitative estimate of drug-likeness (QED) is 0.820. The zero-order valence-electron chi connectivity index (χ0n) is 7.27. The molecule has 1 N–H and O–H groups in total. The molecule has 70 valence electrons. The summed E-state index contributed by atoms with van der Waals surface area (Å²) >= 11 is 3.14. The number of nitrogens with one attached hydrogen (secondary N) is 1. The van der Waals surface area contributed by atoms with Crippen LogP contribution in [0.4, 0.5) is 0 Å². The third-order valence-electron chi connectivity index (χ3n) is 2.30. The van der Waals surface area contributed by atoms with E-state index in [-0.39, 0.29) is 5.91 Å². The third-order valence-corrected chi connectivity index (χ3v) is 2.58. The Kier molecular flexibility index (Phi) is 3.10. The van der Waals surface area contributed by atoms with E-state index >= 15 is 0 Å². The third kappa shape index (κ3) is 2.10. The number of nitriles is 1. The van der Waals surface area contributed by atoms with E-state index in [2.05, 4.69) is 33.9 Å². The molecule has 0 radical (unpaired) electrons. The highest BCUT2D eigenvalue weighted by atomic mass is 79.9. The maximum absolute atomic E-state index is 11.5. The minimum absolute atomic E-state index is 0.165. The summed E-state index contributed by atoms with van der Waals surface area (Å²) in [5, 5.41) is 11.5. The monoisotopic (exact) mass is 242 g/mol. The second kappa shape index (κ2) is 3.93. The Morgan fingerprint density at radius 2 is 2.31 bits per heavy atom. The molecule has 1 saturated carbocycles. The number of carbonyl (C=O) groups excluding carboxylic acids is 1. The van der Waals surface area contributed by atoms with Gasteiger partial charge in [-0.25, -0.2) is 0 Å². The van der Waals surface area contributed by atoms with Gasteiger partial charge in [0.15, 0.2) is 0 Å². The van der Waals surface area contributed by atoms with Gasteiger partial charge in [0, 0.05) is 11.0 Å². The van der Waals surface area contributed by atoms with Gasteiger partial charge < -0.3 is 5.32 Å². The molecule has 0 aromatic rings. The zero-order chi connectivity index (χ0) is 9.90. The van der Waals surface area contributed by atoms with Gasteiger partial charge >= 0.3 is 0 Å². The maximum Gasteiger partial charge on any atom is 0.240 e. The fourth-order valence-corrected chi connectivity index (χ4v) is 1.41. The van der Waals surface area contributed by atoms with Crippen LogP contribution >= 0.6 is 15.9 Å². The molecule has 0 saturated heterocycles. The molecule has 3 nitrogen and oxygen atoms in total. The summed E-state index contributed by atoms with van der Waals surface area (Å²) in [5.41, 5.74) is -0.748. The largest absolute Gasteiger partial charge is 0.350 e. The minimum Gasteiger partial charge on any atom is -0.350 e. The van der Waals surface area contributed by atoms with Crippen molar-refractivity contribution in [2.75, 3.05) is 6.54 Å². The first-order chi connectivity index (χ1) is 6.10. The Morgan fingerprint density at radius 3 is 2.62 bits per heavy atom. The molecule has 4 heteroatoms. The van der Waals surface area contributed by atoms with Crippen molar-refractivity contribution in [2.24, 2.45) is 5.41 Å². The molecule has 1 rings (SSSR count). The molecule has 1 amide bonds. The van der Waals surface area contributed by atoms with Crippen molar-refractivity contribution in [2.45, 2.75) is 19.3 Å². The first kappa shape index (κ1) is 10.3. The van der Waals surface area contributed by atoms with Crippen molar-refractivity contribution in [1.82, 2.24) is 5.32 Å². The molecular formula is C9H11BrN2O. The van der Waals surface area contributed by atoms with E-state index in [0.717, 1.165) is 6.42 Å². The number of rotatable bonds is 3. The summed E-state index contributed by atoms with van der Waals surface area (Å²) in [6.07, 6.45) is 2.34. The van der Waals surface area contributed by atoms with Gasteiger partial charge in [-0.15, -0.1) is 0 Å². The lowest BCUT2D eigenvalue weighted by Crippen LogP contribution is -2.44. The first-order valence-corrected chi connectivity index (χ1v) is 4.93. The summed E-state index contributed by atoms with van der Waals surface area (Å²) in [6, 6.07) is 2.08.